The van der Waals surface area contributed by atoms with Crippen LogP contribution in [0.4, 0.5) is 0 Å². The fourth-order valence-corrected chi connectivity index (χ4v) is 5.22. The number of benzene rings is 4. The smallest absolute Gasteiger partial charge is 0.227 e. The van der Waals surface area contributed by atoms with Crippen LogP contribution in [0.5, 0.6) is 5.75 Å². The van der Waals surface area contributed by atoms with E-state index in [1.165, 1.54) is 11.1 Å². The fraction of sp³-hybridized carbons (Fsp3) is 0.219. The van der Waals surface area contributed by atoms with Gasteiger partial charge in [0, 0.05) is 12.6 Å². The molecular weight excluding hydrogens is 430 g/mol. The number of hydrogen-bond acceptors (Lipinski definition) is 2. The van der Waals surface area contributed by atoms with E-state index < -0.39 is 0 Å². The number of amides is 1. The first kappa shape index (κ1) is 22.9. The number of hydrogen-bond donors (Lipinski definition) is 0. The van der Waals surface area contributed by atoms with Gasteiger partial charge in [-0.2, -0.15) is 0 Å². The predicted octanol–water partition coefficient (Wildman–Crippen LogP) is 6.41. The maximum Gasteiger partial charge on any atom is 0.227 e. The first-order chi connectivity index (χ1) is 17.1. The van der Waals surface area contributed by atoms with Gasteiger partial charge in [-0.25, -0.2) is 0 Å². The Balaban J connectivity index is 1.47. The van der Waals surface area contributed by atoms with Gasteiger partial charge in [-0.15, -0.1) is 0 Å². The number of fused-ring (bicyclic) bond motifs is 1. The lowest BCUT2D eigenvalue weighted by Crippen LogP contribution is -2.41. The van der Waals surface area contributed by atoms with E-state index in [0.717, 1.165) is 46.4 Å². The van der Waals surface area contributed by atoms with Crippen LogP contribution in [0.2, 0.25) is 0 Å². The Bertz CT molecular complexity index is 1300. The summed E-state index contributed by atoms with van der Waals surface area (Å²) in [7, 11) is 1.68. The molecule has 0 spiro atoms. The summed E-state index contributed by atoms with van der Waals surface area (Å²) in [6.07, 6.45) is 2.17. The lowest BCUT2D eigenvalue weighted by atomic mass is 9.93. The Kier molecular flexibility index (Phi) is 6.67. The molecule has 1 aliphatic rings. The van der Waals surface area contributed by atoms with Crippen LogP contribution in [0.15, 0.2) is 97.1 Å². The Hall–Kier alpha value is -3.85. The summed E-state index contributed by atoms with van der Waals surface area (Å²) in [6, 6.07) is 33.4. The van der Waals surface area contributed by atoms with Gasteiger partial charge in [-0.1, -0.05) is 84.9 Å². The van der Waals surface area contributed by atoms with Crippen molar-refractivity contribution in [2.75, 3.05) is 7.11 Å². The third kappa shape index (κ3) is 5.00. The highest BCUT2D eigenvalue weighted by Gasteiger charge is 2.30. The molecule has 0 heterocycles. The molecule has 35 heavy (non-hydrogen) atoms. The first-order valence-corrected chi connectivity index (χ1v) is 12.3. The van der Waals surface area contributed by atoms with Crippen LogP contribution in [0.25, 0.3) is 11.1 Å². The Morgan fingerprint density at radius 3 is 2.26 bits per heavy atom. The molecule has 3 nitrogen and oxygen atoms in total. The van der Waals surface area contributed by atoms with Crippen molar-refractivity contribution in [2.45, 2.75) is 38.8 Å². The van der Waals surface area contributed by atoms with E-state index in [-0.39, 0.29) is 11.9 Å². The molecule has 0 saturated carbocycles. The fourth-order valence-electron chi connectivity index (χ4n) is 5.22. The quantitative estimate of drug-likeness (QED) is 0.318. The zero-order valence-electron chi connectivity index (χ0n) is 20.4. The molecule has 4 aromatic carbocycles. The number of carbonyl (C=O) groups excluding carboxylic acids is 1. The van der Waals surface area contributed by atoms with Crippen LogP contribution in [0.3, 0.4) is 0 Å². The van der Waals surface area contributed by atoms with E-state index >= 15 is 0 Å². The van der Waals surface area contributed by atoms with Gasteiger partial charge in [-0.05, 0) is 70.8 Å². The Labute approximate surface area is 208 Å². The summed E-state index contributed by atoms with van der Waals surface area (Å²) in [5, 5.41) is 0. The Morgan fingerprint density at radius 1 is 0.857 bits per heavy atom. The zero-order valence-corrected chi connectivity index (χ0v) is 20.4. The van der Waals surface area contributed by atoms with Crippen molar-refractivity contribution in [2.24, 2.45) is 0 Å². The average molecular weight is 462 g/mol. The van der Waals surface area contributed by atoms with Gasteiger partial charge in [0.15, 0.2) is 0 Å². The molecule has 1 amide bonds. The lowest BCUT2D eigenvalue weighted by molar-refractivity contribution is -0.133. The molecule has 0 fully saturated rings. The summed E-state index contributed by atoms with van der Waals surface area (Å²) in [5.74, 6) is 0.979. The maximum atomic E-state index is 14.0. The second kappa shape index (κ2) is 10.2. The van der Waals surface area contributed by atoms with Crippen molar-refractivity contribution in [3.8, 4) is 16.9 Å². The molecule has 0 bridgehead atoms. The van der Waals surface area contributed by atoms with Crippen molar-refractivity contribution in [3.63, 3.8) is 0 Å². The van der Waals surface area contributed by atoms with Gasteiger partial charge in [0.2, 0.25) is 5.91 Å². The molecule has 1 aliphatic carbocycles. The number of nitrogens with zero attached hydrogens (tertiary/aromatic N) is 1. The first-order valence-electron chi connectivity index (χ1n) is 12.3. The predicted molar refractivity (Wildman–Crippen MR) is 142 cm³/mol. The molecular formula is C32H31NO2. The number of ether oxygens (including phenoxy) is 1. The highest BCUT2D eigenvalue weighted by atomic mass is 16.5. The summed E-state index contributed by atoms with van der Waals surface area (Å²) < 4.78 is 5.45. The van der Waals surface area contributed by atoms with Crippen LogP contribution in [0.1, 0.15) is 27.8 Å². The van der Waals surface area contributed by atoms with Gasteiger partial charge in [0.25, 0.3) is 0 Å². The molecule has 0 N–H and O–H groups in total. The molecule has 0 unspecified atom stereocenters. The minimum atomic E-state index is 0.148. The second-order valence-electron chi connectivity index (χ2n) is 9.35. The van der Waals surface area contributed by atoms with E-state index in [1.807, 2.05) is 36.4 Å². The van der Waals surface area contributed by atoms with Crippen LogP contribution >= 0.6 is 0 Å². The minimum absolute atomic E-state index is 0.148. The average Bonchev–Trinajstić information content (AvgIpc) is 3.33. The topological polar surface area (TPSA) is 29.5 Å². The summed E-state index contributed by atoms with van der Waals surface area (Å²) in [6.45, 7) is 2.67. The van der Waals surface area contributed by atoms with Gasteiger partial charge < -0.3 is 9.64 Å². The summed E-state index contributed by atoms with van der Waals surface area (Å²) >= 11 is 0. The van der Waals surface area contributed by atoms with Gasteiger partial charge in [0.1, 0.15) is 5.75 Å². The van der Waals surface area contributed by atoms with E-state index in [1.54, 1.807) is 7.11 Å². The van der Waals surface area contributed by atoms with Crippen LogP contribution in [-0.4, -0.2) is 24.0 Å². The van der Waals surface area contributed by atoms with Crippen molar-refractivity contribution in [3.05, 3.63) is 125 Å². The number of methoxy groups -OCH3 is 1. The van der Waals surface area contributed by atoms with Gasteiger partial charge in [-0.3, -0.25) is 4.79 Å². The molecule has 5 rings (SSSR count). The van der Waals surface area contributed by atoms with Crippen LogP contribution in [-0.2, 0) is 30.6 Å². The molecule has 176 valence electrons. The normalized spacial score (nSPS) is 12.9. The molecule has 3 heteroatoms. The molecule has 0 saturated heterocycles. The SMILES string of the molecule is COc1cccc(CN(C(=O)Cc2c(C)cccc2-c2ccccc2)C2Cc3ccccc3C2)c1. The number of aryl methyl sites for hydroxylation is 1. The van der Waals surface area contributed by atoms with E-state index in [0.29, 0.717) is 13.0 Å². The van der Waals surface area contributed by atoms with E-state index in [2.05, 4.69) is 72.5 Å². The number of rotatable bonds is 7. The highest BCUT2D eigenvalue weighted by Crippen LogP contribution is 2.30. The maximum absolute atomic E-state index is 14.0. The summed E-state index contributed by atoms with van der Waals surface area (Å²) in [4.78, 5) is 16.1. The largest absolute Gasteiger partial charge is 0.497 e. The van der Waals surface area contributed by atoms with Crippen LogP contribution < -0.4 is 4.74 Å². The molecule has 0 atom stereocenters. The van der Waals surface area contributed by atoms with Crippen molar-refractivity contribution < 1.29 is 9.53 Å². The number of carbonyl (C=O) groups is 1. The van der Waals surface area contributed by atoms with E-state index in [9.17, 15) is 4.79 Å². The molecule has 0 aromatic heterocycles. The minimum Gasteiger partial charge on any atom is -0.497 e. The molecule has 4 aromatic rings. The van der Waals surface area contributed by atoms with Gasteiger partial charge in [0.05, 0.1) is 13.5 Å². The Morgan fingerprint density at radius 2 is 1.54 bits per heavy atom. The lowest BCUT2D eigenvalue weighted by Gasteiger charge is -2.30. The highest BCUT2D eigenvalue weighted by molar-refractivity contribution is 5.83. The van der Waals surface area contributed by atoms with Crippen molar-refractivity contribution in [1.29, 1.82) is 0 Å². The second-order valence-corrected chi connectivity index (χ2v) is 9.35. The molecule has 0 aliphatic heterocycles. The van der Waals surface area contributed by atoms with Gasteiger partial charge >= 0.3 is 0 Å². The van der Waals surface area contributed by atoms with Crippen molar-refractivity contribution >= 4 is 5.91 Å². The monoisotopic (exact) mass is 461 g/mol. The zero-order chi connectivity index (χ0) is 24.2. The van der Waals surface area contributed by atoms with Crippen LogP contribution in [0, 0.1) is 6.92 Å². The third-order valence-corrected chi connectivity index (χ3v) is 7.10. The summed E-state index contributed by atoms with van der Waals surface area (Å²) in [5.41, 5.74) is 8.32. The molecule has 0 radical (unpaired) electrons. The van der Waals surface area contributed by atoms with Crippen molar-refractivity contribution in [1.82, 2.24) is 4.90 Å². The third-order valence-electron chi connectivity index (χ3n) is 7.10. The standard InChI is InChI=1S/C32H31NO2/c1-23-10-8-17-30(25-12-4-3-5-13-25)31(23)21-32(34)33(22-24-11-9-16-29(18-24)35-2)28-19-26-14-6-7-15-27(26)20-28/h3-18,28H,19-22H2,1-2H3. The van der Waals surface area contributed by atoms with E-state index in [4.69, 9.17) is 4.74 Å².